The van der Waals surface area contributed by atoms with E-state index in [1.165, 1.54) is 0 Å². The summed E-state index contributed by atoms with van der Waals surface area (Å²) >= 11 is 5.92. The first-order chi connectivity index (χ1) is 8.95. The first-order valence-electron chi connectivity index (χ1n) is 6.54. The number of nitrogens with zero attached hydrogens (tertiary/aromatic N) is 2. The van der Waals surface area contributed by atoms with Gasteiger partial charge in [0.25, 0.3) is 0 Å². The van der Waals surface area contributed by atoms with E-state index in [9.17, 15) is 0 Å². The average molecular weight is 281 g/mol. The summed E-state index contributed by atoms with van der Waals surface area (Å²) in [4.78, 5) is 2.34. The highest BCUT2D eigenvalue weighted by atomic mass is 35.5. The van der Waals surface area contributed by atoms with Crippen LogP contribution in [-0.4, -0.2) is 30.1 Å². The second-order valence-electron chi connectivity index (χ2n) is 5.03. The van der Waals surface area contributed by atoms with E-state index in [1.54, 1.807) is 18.2 Å². The van der Waals surface area contributed by atoms with Crippen molar-refractivity contribution in [2.75, 3.05) is 13.2 Å². The second kappa shape index (κ2) is 7.37. The Kier molecular flexibility index (Phi) is 6.14. The molecule has 0 amide bonds. The lowest BCUT2D eigenvalue weighted by atomic mass is 10.2. The maximum absolute atomic E-state index is 9.01. The molecule has 0 saturated heterocycles. The predicted molar refractivity (Wildman–Crippen MR) is 78.6 cm³/mol. The number of halogens is 1. The molecule has 1 rings (SSSR count). The number of rotatable bonds is 6. The van der Waals surface area contributed by atoms with E-state index >= 15 is 0 Å². The molecule has 0 heterocycles. The van der Waals surface area contributed by atoms with E-state index in [2.05, 4.69) is 38.7 Å². The van der Waals surface area contributed by atoms with Crippen LogP contribution in [-0.2, 0) is 0 Å². The fraction of sp³-hybridized carbons (Fsp3) is 0.533. The van der Waals surface area contributed by atoms with Gasteiger partial charge in [-0.25, -0.2) is 0 Å². The zero-order valence-corrected chi connectivity index (χ0v) is 12.7. The molecule has 0 aliphatic heterocycles. The molecule has 0 bridgehead atoms. The van der Waals surface area contributed by atoms with Gasteiger partial charge in [0, 0.05) is 29.7 Å². The SMILES string of the molecule is CC(C)N(CCOc1cc(Cl)ccc1C#N)C(C)C. The summed E-state index contributed by atoms with van der Waals surface area (Å²) < 4.78 is 5.69. The lowest BCUT2D eigenvalue weighted by Gasteiger charge is -2.30. The van der Waals surface area contributed by atoms with Gasteiger partial charge in [-0.2, -0.15) is 5.26 Å². The van der Waals surface area contributed by atoms with Crippen LogP contribution in [0.5, 0.6) is 5.75 Å². The van der Waals surface area contributed by atoms with Crippen LogP contribution in [0.25, 0.3) is 0 Å². The molecule has 1 aromatic rings. The number of ether oxygens (including phenoxy) is 1. The monoisotopic (exact) mass is 280 g/mol. The smallest absolute Gasteiger partial charge is 0.138 e. The summed E-state index contributed by atoms with van der Waals surface area (Å²) in [6.45, 7) is 10.0. The van der Waals surface area contributed by atoms with E-state index in [-0.39, 0.29) is 0 Å². The molecule has 1 aromatic carbocycles. The molecule has 0 saturated carbocycles. The van der Waals surface area contributed by atoms with Crippen molar-refractivity contribution < 1.29 is 4.74 Å². The Morgan fingerprint density at radius 2 is 1.89 bits per heavy atom. The molecule has 0 N–H and O–H groups in total. The Bertz CT molecular complexity index is 444. The fourth-order valence-corrected chi connectivity index (χ4v) is 2.24. The number of benzene rings is 1. The Labute approximate surface area is 120 Å². The van der Waals surface area contributed by atoms with Crippen LogP contribution >= 0.6 is 11.6 Å². The van der Waals surface area contributed by atoms with Gasteiger partial charge in [0.2, 0.25) is 0 Å². The number of nitriles is 1. The second-order valence-corrected chi connectivity index (χ2v) is 5.46. The summed E-state index contributed by atoms with van der Waals surface area (Å²) in [5.74, 6) is 0.558. The summed E-state index contributed by atoms with van der Waals surface area (Å²) in [6, 6.07) is 8.12. The van der Waals surface area contributed by atoms with E-state index in [0.717, 1.165) is 6.54 Å². The highest BCUT2D eigenvalue weighted by Crippen LogP contribution is 2.22. The lowest BCUT2D eigenvalue weighted by Crippen LogP contribution is -2.39. The van der Waals surface area contributed by atoms with E-state index in [1.807, 2.05) is 0 Å². The first kappa shape index (κ1) is 15.8. The molecule has 19 heavy (non-hydrogen) atoms. The fourth-order valence-electron chi connectivity index (χ4n) is 2.08. The Balaban J connectivity index is 2.62. The van der Waals surface area contributed by atoms with Gasteiger partial charge in [-0.1, -0.05) is 11.6 Å². The van der Waals surface area contributed by atoms with Crippen molar-refractivity contribution in [1.29, 1.82) is 5.26 Å². The minimum Gasteiger partial charge on any atom is -0.491 e. The Hall–Kier alpha value is -1.24. The Morgan fingerprint density at radius 3 is 2.42 bits per heavy atom. The molecule has 0 aromatic heterocycles. The third kappa shape index (κ3) is 4.74. The summed E-state index contributed by atoms with van der Waals surface area (Å²) in [6.07, 6.45) is 0. The van der Waals surface area contributed by atoms with Gasteiger partial charge in [-0.15, -0.1) is 0 Å². The molecule has 0 unspecified atom stereocenters. The van der Waals surface area contributed by atoms with Crippen LogP contribution in [0.4, 0.5) is 0 Å². The van der Waals surface area contributed by atoms with Crippen LogP contribution in [0.3, 0.4) is 0 Å². The van der Waals surface area contributed by atoms with Gasteiger partial charge in [0.05, 0.1) is 5.56 Å². The van der Waals surface area contributed by atoms with Crippen molar-refractivity contribution in [2.45, 2.75) is 39.8 Å². The topological polar surface area (TPSA) is 36.3 Å². The Morgan fingerprint density at radius 1 is 1.26 bits per heavy atom. The summed E-state index contributed by atoms with van der Waals surface area (Å²) in [5.41, 5.74) is 0.519. The molecule has 0 aliphatic rings. The first-order valence-corrected chi connectivity index (χ1v) is 6.91. The van der Waals surface area contributed by atoms with Gasteiger partial charge in [0.15, 0.2) is 0 Å². The van der Waals surface area contributed by atoms with Gasteiger partial charge in [0.1, 0.15) is 18.4 Å². The highest BCUT2D eigenvalue weighted by Gasteiger charge is 2.13. The normalized spacial score (nSPS) is 11.1. The molecule has 0 radical (unpaired) electrons. The molecule has 0 fully saturated rings. The van der Waals surface area contributed by atoms with Gasteiger partial charge < -0.3 is 4.74 Å². The molecule has 0 atom stereocenters. The summed E-state index contributed by atoms with van der Waals surface area (Å²) in [7, 11) is 0. The van der Waals surface area contributed by atoms with Crippen molar-refractivity contribution in [2.24, 2.45) is 0 Å². The van der Waals surface area contributed by atoms with Crippen molar-refractivity contribution in [1.82, 2.24) is 4.90 Å². The van der Waals surface area contributed by atoms with Crippen LogP contribution in [0.15, 0.2) is 18.2 Å². The molecule has 104 valence electrons. The summed E-state index contributed by atoms with van der Waals surface area (Å²) in [5, 5.41) is 9.59. The third-order valence-corrected chi connectivity index (χ3v) is 3.23. The maximum Gasteiger partial charge on any atom is 0.138 e. The van der Waals surface area contributed by atoms with Crippen molar-refractivity contribution in [3.8, 4) is 11.8 Å². The molecule has 0 spiro atoms. The molecule has 3 nitrogen and oxygen atoms in total. The quantitative estimate of drug-likeness (QED) is 0.797. The van der Waals surface area contributed by atoms with Crippen LogP contribution in [0, 0.1) is 11.3 Å². The zero-order chi connectivity index (χ0) is 14.4. The average Bonchev–Trinajstić information content (AvgIpc) is 2.33. The van der Waals surface area contributed by atoms with Gasteiger partial charge in [-0.3, -0.25) is 4.90 Å². The maximum atomic E-state index is 9.01. The number of hydrogen-bond acceptors (Lipinski definition) is 3. The lowest BCUT2D eigenvalue weighted by molar-refractivity contribution is 0.142. The predicted octanol–water partition coefficient (Wildman–Crippen LogP) is 3.71. The molecular weight excluding hydrogens is 260 g/mol. The van der Waals surface area contributed by atoms with Crippen molar-refractivity contribution >= 4 is 11.6 Å². The van der Waals surface area contributed by atoms with Crippen LogP contribution in [0.1, 0.15) is 33.3 Å². The van der Waals surface area contributed by atoms with E-state index in [0.29, 0.717) is 35.0 Å². The minimum atomic E-state index is 0.471. The highest BCUT2D eigenvalue weighted by molar-refractivity contribution is 6.30. The zero-order valence-electron chi connectivity index (χ0n) is 12.0. The van der Waals surface area contributed by atoms with Crippen LogP contribution < -0.4 is 4.74 Å². The molecule has 4 heteroatoms. The largest absolute Gasteiger partial charge is 0.491 e. The van der Waals surface area contributed by atoms with Crippen molar-refractivity contribution in [3.63, 3.8) is 0 Å². The molecule has 0 aliphatic carbocycles. The van der Waals surface area contributed by atoms with E-state index in [4.69, 9.17) is 21.6 Å². The van der Waals surface area contributed by atoms with Crippen molar-refractivity contribution in [3.05, 3.63) is 28.8 Å². The van der Waals surface area contributed by atoms with Gasteiger partial charge in [-0.05, 0) is 39.8 Å². The third-order valence-electron chi connectivity index (χ3n) is 3.00. The van der Waals surface area contributed by atoms with Crippen LogP contribution in [0.2, 0.25) is 5.02 Å². The molecular formula is C15H21ClN2O. The minimum absolute atomic E-state index is 0.471. The number of hydrogen-bond donors (Lipinski definition) is 0. The standard InChI is InChI=1S/C15H21ClN2O/c1-11(2)18(12(3)4)7-8-19-15-9-14(16)6-5-13(15)10-17/h5-6,9,11-12H,7-8H2,1-4H3. The van der Waals surface area contributed by atoms with E-state index < -0.39 is 0 Å². The van der Waals surface area contributed by atoms with Gasteiger partial charge >= 0.3 is 0 Å².